The van der Waals surface area contributed by atoms with Crippen LogP contribution in [0.2, 0.25) is 0 Å². The van der Waals surface area contributed by atoms with Crippen LogP contribution >= 0.6 is 0 Å². The number of ether oxygens (including phenoxy) is 1. The van der Waals surface area contributed by atoms with Gasteiger partial charge in [0.15, 0.2) is 0 Å². The van der Waals surface area contributed by atoms with Crippen LogP contribution in [0, 0.1) is 0 Å². The van der Waals surface area contributed by atoms with Crippen LogP contribution in [-0.2, 0) is 11.8 Å². The molecular weight excluding hydrogens is 220 g/mol. The molecule has 0 spiro atoms. The van der Waals surface area contributed by atoms with E-state index in [-0.39, 0.29) is 5.91 Å². The smallest absolute Gasteiger partial charge is 0.274 e. The van der Waals surface area contributed by atoms with Crippen LogP contribution in [0.1, 0.15) is 10.5 Å². The largest absolute Gasteiger partial charge is 0.396 e. The van der Waals surface area contributed by atoms with Gasteiger partial charge >= 0.3 is 0 Å². The van der Waals surface area contributed by atoms with Crippen LogP contribution in [0.5, 0.6) is 0 Å². The maximum absolute atomic E-state index is 12.2. The van der Waals surface area contributed by atoms with Crippen molar-refractivity contribution in [3.05, 3.63) is 24.5 Å². The van der Waals surface area contributed by atoms with Gasteiger partial charge in [-0.2, -0.15) is 5.10 Å². The minimum absolute atomic E-state index is 0.167. The van der Waals surface area contributed by atoms with Gasteiger partial charge in [-0.3, -0.25) is 9.48 Å². The molecule has 0 unspecified atom stereocenters. The van der Waals surface area contributed by atoms with Crippen LogP contribution in [0.3, 0.4) is 0 Å². The van der Waals surface area contributed by atoms with Crippen LogP contribution in [0.25, 0.3) is 0 Å². The fraction of sp³-hybridized carbons (Fsp3) is 0.455. The summed E-state index contributed by atoms with van der Waals surface area (Å²) in [6.07, 6.45) is 3.13. The number of anilines is 1. The van der Waals surface area contributed by atoms with Crippen molar-refractivity contribution in [2.45, 2.75) is 0 Å². The molecular formula is C11H18N4O2. The van der Waals surface area contributed by atoms with Gasteiger partial charge in [0.2, 0.25) is 0 Å². The van der Waals surface area contributed by atoms with Crippen molar-refractivity contribution < 1.29 is 9.53 Å². The maximum atomic E-state index is 12.2. The summed E-state index contributed by atoms with van der Waals surface area (Å²) in [4.78, 5) is 13.8. The van der Waals surface area contributed by atoms with Gasteiger partial charge in [0.1, 0.15) is 5.69 Å². The normalized spacial score (nSPS) is 10.2. The number of nitrogen functional groups attached to an aromatic ring is 1. The molecule has 94 valence electrons. The molecule has 1 amide bonds. The molecule has 1 heterocycles. The number of aryl methyl sites for hydroxylation is 1. The second kappa shape index (κ2) is 6.05. The van der Waals surface area contributed by atoms with Crippen molar-refractivity contribution in [3.8, 4) is 0 Å². The Kier molecular flexibility index (Phi) is 4.71. The Morgan fingerprint density at radius 2 is 2.47 bits per heavy atom. The van der Waals surface area contributed by atoms with Crippen molar-refractivity contribution >= 4 is 11.6 Å². The molecule has 0 fully saturated rings. The summed E-state index contributed by atoms with van der Waals surface area (Å²) in [7, 11) is 3.28. The fourth-order valence-corrected chi connectivity index (χ4v) is 1.50. The van der Waals surface area contributed by atoms with E-state index >= 15 is 0 Å². The number of aromatic nitrogens is 2. The highest BCUT2D eigenvalue weighted by atomic mass is 16.5. The van der Waals surface area contributed by atoms with Crippen molar-refractivity contribution in [2.75, 3.05) is 32.5 Å². The van der Waals surface area contributed by atoms with E-state index in [2.05, 4.69) is 11.7 Å². The fourth-order valence-electron chi connectivity index (χ4n) is 1.50. The molecule has 0 aromatic carbocycles. The minimum atomic E-state index is -0.167. The predicted octanol–water partition coefficient (Wildman–Crippen LogP) is 0.277. The highest BCUT2D eigenvalue weighted by Crippen LogP contribution is 2.12. The lowest BCUT2D eigenvalue weighted by atomic mass is 10.3. The average molecular weight is 238 g/mol. The van der Waals surface area contributed by atoms with E-state index in [0.29, 0.717) is 31.1 Å². The van der Waals surface area contributed by atoms with Crippen molar-refractivity contribution in [1.29, 1.82) is 0 Å². The first-order valence-electron chi connectivity index (χ1n) is 5.28. The molecule has 17 heavy (non-hydrogen) atoms. The molecule has 6 heteroatoms. The summed E-state index contributed by atoms with van der Waals surface area (Å²) in [5, 5.41) is 3.95. The Hall–Kier alpha value is -1.82. The van der Waals surface area contributed by atoms with E-state index in [4.69, 9.17) is 10.5 Å². The summed E-state index contributed by atoms with van der Waals surface area (Å²) in [5.74, 6) is -0.167. The van der Waals surface area contributed by atoms with E-state index in [1.54, 1.807) is 25.1 Å². The van der Waals surface area contributed by atoms with Gasteiger partial charge in [-0.25, -0.2) is 0 Å². The number of amides is 1. The highest BCUT2D eigenvalue weighted by Gasteiger charge is 2.20. The molecule has 6 nitrogen and oxygen atoms in total. The van der Waals surface area contributed by atoms with Gasteiger partial charge in [0.05, 0.1) is 18.5 Å². The summed E-state index contributed by atoms with van der Waals surface area (Å²) in [6.45, 7) is 5.04. The SMILES string of the molecule is C=CCN(CCOC)C(=O)c1c(N)cnn1C. The van der Waals surface area contributed by atoms with Crippen molar-refractivity contribution in [3.63, 3.8) is 0 Å². The van der Waals surface area contributed by atoms with Gasteiger partial charge in [-0.15, -0.1) is 6.58 Å². The Balaban J connectivity index is 2.87. The molecule has 2 N–H and O–H groups in total. The van der Waals surface area contributed by atoms with Gasteiger partial charge < -0.3 is 15.4 Å². The molecule has 0 atom stereocenters. The van der Waals surface area contributed by atoms with Gasteiger partial charge in [-0.1, -0.05) is 6.08 Å². The highest BCUT2D eigenvalue weighted by molar-refractivity contribution is 5.97. The Labute approximate surface area is 101 Å². The molecule has 0 aliphatic carbocycles. The lowest BCUT2D eigenvalue weighted by Crippen LogP contribution is -2.35. The van der Waals surface area contributed by atoms with Gasteiger partial charge in [-0.05, 0) is 0 Å². The monoisotopic (exact) mass is 238 g/mol. The van der Waals surface area contributed by atoms with E-state index in [9.17, 15) is 4.79 Å². The lowest BCUT2D eigenvalue weighted by Gasteiger charge is -2.20. The van der Waals surface area contributed by atoms with Crippen LogP contribution in [0.15, 0.2) is 18.9 Å². The summed E-state index contributed by atoms with van der Waals surface area (Å²) >= 11 is 0. The number of nitrogens with zero attached hydrogens (tertiary/aromatic N) is 3. The number of hydrogen-bond donors (Lipinski definition) is 1. The molecule has 1 aromatic heterocycles. The second-order valence-electron chi connectivity index (χ2n) is 3.60. The number of rotatable bonds is 6. The first-order valence-corrected chi connectivity index (χ1v) is 5.28. The number of hydrogen-bond acceptors (Lipinski definition) is 4. The lowest BCUT2D eigenvalue weighted by molar-refractivity contribution is 0.0708. The number of methoxy groups -OCH3 is 1. The van der Waals surface area contributed by atoms with E-state index in [0.717, 1.165) is 0 Å². The number of carbonyl (C=O) groups excluding carboxylic acids is 1. The molecule has 0 aliphatic heterocycles. The molecule has 0 saturated heterocycles. The van der Waals surface area contributed by atoms with Crippen LogP contribution in [0.4, 0.5) is 5.69 Å². The molecule has 0 bridgehead atoms. The zero-order valence-corrected chi connectivity index (χ0v) is 10.2. The summed E-state index contributed by atoms with van der Waals surface area (Å²) < 4.78 is 6.44. The maximum Gasteiger partial charge on any atom is 0.274 e. The average Bonchev–Trinajstić information content (AvgIpc) is 2.63. The van der Waals surface area contributed by atoms with Gasteiger partial charge in [0.25, 0.3) is 5.91 Å². The van der Waals surface area contributed by atoms with E-state index in [1.807, 2.05) is 0 Å². The quantitative estimate of drug-likeness (QED) is 0.722. The zero-order valence-electron chi connectivity index (χ0n) is 10.2. The molecule has 1 aromatic rings. The molecule has 0 saturated carbocycles. The van der Waals surface area contributed by atoms with E-state index in [1.165, 1.54) is 10.9 Å². The Bertz CT molecular complexity index is 381. The van der Waals surface area contributed by atoms with Gasteiger partial charge in [0, 0.05) is 27.2 Å². The minimum Gasteiger partial charge on any atom is -0.396 e. The summed E-state index contributed by atoms with van der Waals surface area (Å²) in [6, 6.07) is 0. The molecule has 1 rings (SSSR count). The standard InChI is InChI=1S/C11H18N4O2/c1-4-5-15(6-7-17-3)11(16)10-9(12)8-13-14(10)2/h4,8H,1,5-7,12H2,2-3H3. The second-order valence-corrected chi connectivity index (χ2v) is 3.60. The van der Waals surface area contributed by atoms with Crippen LogP contribution in [-0.4, -0.2) is 47.4 Å². The Morgan fingerprint density at radius 1 is 1.76 bits per heavy atom. The van der Waals surface area contributed by atoms with Crippen molar-refractivity contribution in [1.82, 2.24) is 14.7 Å². The first-order chi connectivity index (χ1) is 8.11. The van der Waals surface area contributed by atoms with Crippen LogP contribution < -0.4 is 5.73 Å². The first kappa shape index (κ1) is 13.2. The number of nitrogens with two attached hydrogens (primary N) is 1. The third-order valence-electron chi connectivity index (χ3n) is 2.37. The third-order valence-corrected chi connectivity index (χ3v) is 2.37. The molecule has 0 aliphatic rings. The summed E-state index contributed by atoms with van der Waals surface area (Å²) in [5.41, 5.74) is 6.49. The number of carbonyl (C=O) groups is 1. The predicted molar refractivity (Wildman–Crippen MR) is 65.6 cm³/mol. The topological polar surface area (TPSA) is 73.4 Å². The van der Waals surface area contributed by atoms with E-state index < -0.39 is 0 Å². The van der Waals surface area contributed by atoms with Crippen molar-refractivity contribution in [2.24, 2.45) is 7.05 Å². The Morgan fingerprint density at radius 3 is 2.94 bits per heavy atom. The third kappa shape index (κ3) is 3.07. The molecule has 0 radical (unpaired) electrons. The zero-order chi connectivity index (χ0) is 12.8.